The second-order valence-electron chi connectivity index (χ2n) is 2.96. The molecule has 0 atom stereocenters. The van der Waals surface area contributed by atoms with Crippen molar-refractivity contribution in [1.82, 2.24) is 9.55 Å². The predicted octanol–water partition coefficient (Wildman–Crippen LogP) is 1.76. The lowest BCUT2D eigenvalue weighted by Gasteiger charge is -2.07. The molecule has 0 fully saturated rings. The maximum absolute atomic E-state index is 5.89. The van der Waals surface area contributed by atoms with Crippen LogP contribution in [-0.2, 0) is 0 Å². The van der Waals surface area contributed by atoms with Crippen LogP contribution in [0, 0.1) is 6.92 Å². The van der Waals surface area contributed by atoms with E-state index in [0.29, 0.717) is 0 Å². The predicted molar refractivity (Wildman–Crippen MR) is 52.7 cm³/mol. The summed E-state index contributed by atoms with van der Waals surface area (Å²) in [5.41, 5.74) is 7.68. The van der Waals surface area contributed by atoms with E-state index in [0.717, 1.165) is 17.1 Å². The fourth-order valence-corrected chi connectivity index (χ4v) is 1.24. The fourth-order valence-electron chi connectivity index (χ4n) is 1.24. The number of nitrogen functional groups attached to an aromatic ring is 1. The highest BCUT2D eigenvalue weighted by molar-refractivity contribution is 5.58. The Balaban J connectivity index is 2.59. The minimum absolute atomic E-state index is 0.735. The molecule has 2 heterocycles. The maximum Gasteiger partial charge on any atom is 0.160 e. The number of pyridine rings is 1. The van der Waals surface area contributed by atoms with Crippen molar-refractivity contribution in [3.63, 3.8) is 0 Å². The molecule has 0 aromatic carbocycles. The average Bonchev–Trinajstić information content (AvgIpc) is 2.62. The number of nitrogens with two attached hydrogens (primary N) is 1. The number of nitrogens with zero attached hydrogens (tertiary/aromatic N) is 2. The van der Waals surface area contributed by atoms with Gasteiger partial charge in [-0.15, -0.1) is 0 Å². The van der Waals surface area contributed by atoms with E-state index in [4.69, 9.17) is 5.73 Å². The van der Waals surface area contributed by atoms with Gasteiger partial charge in [-0.1, -0.05) is 0 Å². The fraction of sp³-hybridized carbons (Fsp3) is 0.100. The molecule has 0 unspecified atom stereocenters. The Morgan fingerprint density at radius 1 is 1.31 bits per heavy atom. The van der Waals surface area contributed by atoms with Gasteiger partial charge in [-0.2, -0.15) is 0 Å². The molecular weight excluding hydrogens is 162 g/mol. The maximum atomic E-state index is 5.89. The molecule has 13 heavy (non-hydrogen) atoms. The third-order valence-electron chi connectivity index (χ3n) is 2.04. The van der Waals surface area contributed by atoms with Gasteiger partial charge in [-0.25, -0.2) is 4.98 Å². The minimum Gasteiger partial charge on any atom is -0.395 e. The lowest BCUT2D eigenvalue weighted by Crippen LogP contribution is -2.01. The molecule has 0 bridgehead atoms. The smallest absolute Gasteiger partial charge is 0.160 e. The third-order valence-corrected chi connectivity index (χ3v) is 2.04. The summed E-state index contributed by atoms with van der Waals surface area (Å²) in [7, 11) is 0. The topological polar surface area (TPSA) is 43.8 Å². The van der Waals surface area contributed by atoms with Crippen LogP contribution >= 0.6 is 0 Å². The quantitative estimate of drug-likeness (QED) is 0.714. The van der Waals surface area contributed by atoms with Crippen LogP contribution in [0.2, 0.25) is 0 Å². The van der Waals surface area contributed by atoms with Gasteiger partial charge < -0.3 is 10.3 Å². The summed E-state index contributed by atoms with van der Waals surface area (Å²) in [5.74, 6) is 0.796. The van der Waals surface area contributed by atoms with E-state index in [-0.39, 0.29) is 0 Å². The summed E-state index contributed by atoms with van der Waals surface area (Å²) in [5, 5.41) is 0. The molecule has 0 aliphatic rings. The molecule has 3 nitrogen and oxygen atoms in total. The number of aryl methyl sites for hydroxylation is 1. The summed E-state index contributed by atoms with van der Waals surface area (Å²) in [6.07, 6.45) is 5.62. The Bertz CT molecular complexity index is 404. The molecule has 66 valence electrons. The number of hydrogen-bond acceptors (Lipinski definition) is 2. The molecule has 0 aliphatic heterocycles. The van der Waals surface area contributed by atoms with Gasteiger partial charge >= 0.3 is 0 Å². The summed E-state index contributed by atoms with van der Waals surface area (Å²) in [4.78, 5) is 4.22. The third kappa shape index (κ3) is 1.28. The summed E-state index contributed by atoms with van der Waals surface area (Å²) in [6.45, 7) is 1.98. The molecule has 0 saturated carbocycles. The van der Waals surface area contributed by atoms with Crippen molar-refractivity contribution >= 4 is 5.69 Å². The van der Waals surface area contributed by atoms with E-state index in [9.17, 15) is 0 Å². The van der Waals surface area contributed by atoms with Gasteiger partial charge in [-0.3, -0.25) is 0 Å². The van der Waals surface area contributed by atoms with Crippen LogP contribution in [0.4, 0.5) is 5.69 Å². The molecule has 0 saturated heterocycles. The van der Waals surface area contributed by atoms with Gasteiger partial charge in [0.2, 0.25) is 0 Å². The van der Waals surface area contributed by atoms with E-state index in [1.165, 1.54) is 0 Å². The largest absolute Gasteiger partial charge is 0.395 e. The summed E-state index contributed by atoms with van der Waals surface area (Å²) in [6, 6.07) is 5.80. The monoisotopic (exact) mass is 173 g/mol. The van der Waals surface area contributed by atoms with Crippen molar-refractivity contribution in [1.29, 1.82) is 0 Å². The average molecular weight is 173 g/mol. The Morgan fingerprint density at radius 3 is 2.69 bits per heavy atom. The zero-order chi connectivity index (χ0) is 9.26. The first-order chi connectivity index (χ1) is 6.29. The van der Waals surface area contributed by atoms with Crippen LogP contribution < -0.4 is 5.73 Å². The second kappa shape index (κ2) is 2.94. The molecule has 2 N–H and O–H groups in total. The number of rotatable bonds is 1. The molecule has 2 aromatic rings. The Hall–Kier alpha value is -1.77. The molecule has 0 amide bonds. The van der Waals surface area contributed by atoms with Crippen molar-refractivity contribution < 1.29 is 0 Å². The zero-order valence-corrected chi connectivity index (χ0v) is 7.44. The first-order valence-electron chi connectivity index (χ1n) is 4.13. The zero-order valence-electron chi connectivity index (χ0n) is 7.44. The van der Waals surface area contributed by atoms with E-state index in [2.05, 4.69) is 4.98 Å². The molecular formula is C10H11N3. The Morgan fingerprint density at radius 2 is 2.00 bits per heavy atom. The van der Waals surface area contributed by atoms with E-state index in [1.807, 2.05) is 42.1 Å². The van der Waals surface area contributed by atoms with Crippen LogP contribution in [0.25, 0.3) is 5.82 Å². The van der Waals surface area contributed by atoms with Crippen LogP contribution in [0.1, 0.15) is 5.56 Å². The first kappa shape index (κ1) is 7.86. The van der Waals surface area contributed by atoms with Crippen molar-refractivity contribution in [2.24, 2.45) is 0 Å². The van der Waals surface area contributed by atoms with Crippen molar-refractivity contribution in [2.45, 2.75) is 6.92 Å². The van der Waals surface area contributed by atoms with Crippen molar-refractivity contribution in [3.05, 3.63) is 42.4 Å². The highest BCUT2D eigenvalue weighted by Gasteiger charge is 2.03. The molecule has 2 aromatic heterocycles. The molecule has 0 aliphatic carbocycles. The highest BCUT2D eigenvalue weighted by Crippen LogP contribution is 2.17. The molecule has 0 radical (unpaired) electrons. The Labute approximate surface area is 76.8 Å². The number of hydrogen-bond donors (Lipinski definition) is 1. The number of anilines is 1. The van der Waals surface area contributed by atoms with Crippen LogP contribution in [0.5, 0.6) is 0 Å². The van der Waals surface area contributed by atoms with E-state index >= 15 is 0 Å². The van der Waals surface area contributed by atoms with Gasteiger partial charge in [0.25, 0.3) is 0 Å². The highest BCUT2D eigenvalue weighted by atomic mass is 15.1. The minimum atomic E-state index is 0.735. The van der Waals surface area contributed by atoms with Crippen LogP contribution in [0.3, 0.4) is 0 Å². The SMILES string of the molecule is Cc1ccnc(-n2cccc2)c1N. The van der Waals surface area contributed by atoms with Gasteiger partial charge in [0.15, 0.2) is 5.82 Å². The van der Waals surface area contributed by atoms with E-state index < -0.39 is 0 Å². The normalized spacial score (nSPS) is 10.2. The van der Waals surface area contributed by atoms with Crippen LogP contribution in [0.15, 0.2) is 36.8 Å². The summed E-state index contributed by atoms with van der Waals surface area (Å²) >= 11 is 0. The van der Waals surface area contributed by atoms with Gasteiger partial charge in [0, 0.05) is 18.6 Å². The first-order valence-corrected chi connectivity index (χ1v) is 4.13. The van der Waals surface area contributed by atoms with Gasteiger partial charge in [0.1, 0.15) is 0 Å². The molecule has 3 heteroatoms. The Kier molecular flexibility index (Phi) is 1.77. The number of aromatic nitrogens is 2. The lowest BCUT2D eigenvalue weighted by molar-refractivity contribution is 1.01. The second-order valence-corrected chi connectivity index (χ2v) is 2.96. The van der Waals surface area contributed by atoms with E-state index in [1.54, 1.807) is 6.20 Å². The lowest BCUT2D eigenvalue weighted by atomic mass is 10.2. The standard InChI is InChI=1S/C10H11N3/c1-8-4-5-12-10(9(8)11)13-6-2-3-7-13/h2-7H,11H2,1H3. The van der Waals surface area contributed by atoms with Crippen molar-refractivity contribution in [3.8, 4) is 5.82 Å². The summed E-state index contributed by atoms with van der Waals surface area (Å²) < 4.78 is 1.91. The van der Waals surface area contributed by atoms with Gasteiger partial charge in [0.05, 0.1) is 5.69 Å². The molecule has 2 rings (SSSR count). The van der Waals surface area contributed by atoms with Gasteiger partial charge in [-0.05, 0) is 30.7 Å². The van der Waals surface area contributed by atoms with Crippen molar-refractivity contribution in [2.75, 3.05) is 5.73 Å². The van der Waals surface area contributed by atoms with Crippen LogP contribution in [-0.4, -0.2) is 9.55 Å². The molecule has 0 spiro atoms.